The molecule has 0 bridgehead atoms. The van der Waals surface area contributed by atoms with Crippen molar-refractivity contribution in [3.8, 4) is 0 Å². The molecule has 0 aliphatic heterocycles. The standard InChI is InChI=1S/C9H7F3O3/c10-9(11,12)6-4-2-1-3-5(6)7(13)8(14)15/h1-4,8,14-15H. The molecule has 0 radical (unpaired) electrons. The van der Waals surface area contributed by atoms with Gasteiger partial charge in [-0.2, -0.15) is 13.2 Å². The summed E-state index contributed by atoms with van der Waals surface area (Å²) in [4.78, 5) is 11.0. The van der Waals surface area contributed by atoms with Crippen LogP contribution in [0.3, 0.4) is 0 Å². The van der Waals surface area contributed by atoms with E-state index in [-0.39, 0.29) is 0 Å². The molecule has 0 aromatic heterocycles. The highest BCUT2D eigenvalue weighted by atomic mass is 19.4. The van der Waals surface area contributed by atoms with Gasteiger partial charge >= 0.3 is 6.18 Å². The van der Waals surface area contributed by atoms with E-state index in [0.29, 0.717) is 6.07 Å². The van der Waals surface area contributed by atoms with Crippen molar-refractivity contribution in [1.29, 1.82) is 0 Å². The van der Waals surface area contributed by atoms with Crippen LogP contribution in [0.4, 0.5) is 13.2 Å². The van der Waals surface area contributed by atoms with Crippen LogP contribution in [-0.4, -0.2) is 22.3 Å². The van der Waals surface area contributed by atoms with Gasteiger partial charge in [0.1, 0.15) is 0 Å². The molecule has 3 nitrogen and oxygen atoms in total. The fraction of sp³-hybridized carbons (Fsp3) is 0.222. The van der Waals surface area contributed by atoms with Crippen molar-refractivity contribution in [3.63, 3.8) is 0 Å². The zero-order chi connectivity index (χ0) is 11.6. The molecule has 0 saturated heterocycles. The van der Waals surface area contributed by atoms with Crippen LogP contribution in [0.15, 0.2) is 24.3 Å². The molecule has 0 aliphatic rings. The quantitative estimate of drug-likeness (QED) is 0.581. The molecule has 6 heteroatoms. The van der Waals surface area contributed by atoms with Crippen molar-refractivity contribution in [2.24, 2.45) is 0 Å². The summed E-state index contributed by atoms with van der Waals surface area (Å²) >= 11 is 0. The van der Waals surface area contributed by atoms with E-state index in [0.717, 1.165) is 12.1 Å². The third-order valence-corrected chi connectivity index (χ3v) is 1.73. The number of rotatable bonds is 2. The van der Waals surface area contributed by atoms with Gasteiger partial charge < -0.3 is 10.2 Å². The number of carbonyl (C=O) groups excluding carboxylic acids is 1. The van der Waals surface area contributed by atoms with E-state index < -0.39 is 29.4 Å². The largest absolute Gasteiger partial charge is 0.417 e. The molecule has 1 aromatic rings. The lowest BCUT2D eigenvalue weighted by Crippen LogP contribution is -2.23. The maximum absolute atomic E-state index is 12.4. The van der Waals surface area contributed by atoms with Crippen LogP contribution in [-0.2, 0) is 6.18 Å². The van der Waals surface area contributed by atoms with Crippen LogP contribution >= 0.6 is 0 Å². The second-order valence-corrected chi connectivity index (χ2v) is 2.78. The van der Waals surface area contributed by atoms with Gasteiger partial charge in [0.2, 0.25) is 12.1 Å². The highest BCUT2D eigenvalue weighted by molar-refractivity contribution is 5.99. The van der Waals surface area contributed by atoms with E-state index in [4.69, 9.17) is 10.2 Å². The van der Waals surface area contributed by atoms with E-state index in [1.54, 1.807) is 0 Å². The third kappa shape index (κ3) is 2.54. The molecular weight excluding hydrogens is 213 g/mol. The molecular formula is C9H7F3O3. The lowest BCUT2D eigenvalue weighted by Gasteiger charge is -2.11. The van der Waals surface area contributed by atoms with Gasteiger partial charge in [0.05, 0.1) is 5.56 Å². The highest BCUT2D eigenvalue weighted by Gasteiger charge is 2.35. The predicted molar refractivity (Wildman–Crippen MR) is 44.0 cm³/mol. The molecule has 82 valence electrons. The van der Waals surface area contributed by atoms with Crippen LogP contribution in [0.5, 0.6) is 0 Å². The van der Waals surface area contributed by atoms with Crippen LogP contribution in [0.2, 0.25) is 0 Å². The number of hydrogen-bond donors (Lipinski definition) is 2. The molecule has 1 rings (SSSR count). The summed E-state index contributed by atoms with van der Waals surface area (Å²) in [5.74, 6) is -1.37. The minimum atomic E-state index is -4.69. The number of carbonyl (C=O) groups is 1. The van der Waals surface area contributed by atoms with Crippen molar-refractivity contribution in [2.45, 2.75) is 12.5 Å². The molecule has 0 saturated carbocycles. The van der Waals surface area contributed by atoms with Gasteiger partial charge in [0.15, 0.2) is 0 Å². The Labute approximate surface area is 82.8 Å². The van der Waals surface area contributed by atoms with Crippen molar-refractivity contribution >= 4 is 5.78 Å². The summed E-state index contributed by atoms with van der Waals surface area (Å²) in [6.07, 6.45) is -7.13. The summed E-state index contributed by atoms with van der Waals surface area (Å²) in [5.41, 5.74) is -1.93. The molecule has 0 fully saturated rings. The number of alkyl halides is 3. The van der Waals surface area contributed by atoms with Crippen molar-refractivity contribution in [2.75, 3.05) is 0 Å². The van der Waals surface area contributed by atoms with Crippen LogP contribution in [0.25, 0.3) is 0 Å². The Kier molecular flexibility index (Phi) is 3.11. The van der Waals surface area contributed by atoms with Crippen molar-refractivity contribution < 1.29 is 28.2 Å². The molecule has 15 heavy (non-hydrogen) atoms. The van der Waals surface area contributed by atoms with Crippen LogP contribution in [0.1, 0.15) is 15.9 Å². The van der Waals surface area contributed by atoms with E-state index >= 15 is 0 Å². The van der Waals surface area contributed by atoms with Gasteiger partial charge in [-0.05, 0) is 6.07 Å². The van der Waals surface area contributed by atoms with Crippen LogP contribution < -0.4 is 0 Å². The zero-order valence-corrected chi connectivity index (χ0v) is 7.32. The number of benzene rings is 1. The SMILES string of the molecule is O=C(c1ccccc1C(F)(F)F)C(O)O. The molecule has 1 aromatic carbocycles. The first-order valence-electron chi connectivity index (χ1n) is 3.90. The second kappa shape index (κ2) is 4.00. The third-order valence-electron chi connectivity index (χ3n) is 1.73. The number of aliphatic hydroxyl groups is 2. The van der Waals surface area contributed by atoms with Gasteiger partial charge in [-0.1, -0.05) is 18.2 Å². The summed E-state index contributed by atoms with van der Waals surface area (Å²) in [6, 6.07) is 3.93. The molecule has 0 atom stereocenters. The average molecular weight is 220 g/mol. The van der Waals surface area contributed by atoms with Gasteiger partial charge in [0, 0.05) is 5.56 Å². The average Bonchev–Trinajstić information content (AvgIpc) is 2.15. The Morgan fingerprint density at radius 1 is 1.20 bits per heavy atom. The van der Waals surface area contributed by atoms with E-state index in [1.807, 2.05) is 0 Å². The molecule has 2 N–H and O–H groups in total. The fourth-order valence-electron chi connectivity index (χ4n) is 1.08. The van der Waals surface area contributed by atoms with Gasteiger partial charge in [-0.15, -0.1) is 0 Å². The number of ketones is 1. The fourth-order valence-corrected chi connectivity index (χ4v) is 1.08. The first-order valence-corrected chi connectivity index (χ1v) is 3.90. The first-order chi connectivity index (χ1) is 6.84. The Morgan fingerprint density at radius 3 is 2.20 bits per heavy atom. The normalized spacial score (nSPS) is 11.9. The molecule has 0 amide bonds. The topological polar surface area (TPSA) is 57.5 Å². The first kappa shape index (κ1) is 11.7. The number of aliphatic hydroxyl groups excluding tert-OH is 1. The van der Waals surface area contributed by atoms with Gasteiger partial charge in [0.25, 0.3) is 0 Å². The Balaban J connectivity index is 3.25. The zero-order valence-electron chi connectivity index (χ0n) is 7.32. The summed E-state index contributed by atoms with van der Waals surface area (Å²) in [5, 5.41) is 17.0. The monoisotopic (exact) mass is 220 g/mol. The number of hydrogen-bond acceptors (Lipinski definition) is 3. The maximum Gasteiger partial charge on any atom is 0.417 e. The molecule has 0 spiro atoms. The lowest BCUT2D eigenvalue weighted by atomic mass is 10.0. The van der Waals surface area contributed by atoms with Crippen LogP contribution in [0, 0.1) is 0 Å². The maximum atomic E-state index is 12.4. The van der Waals surface area contributed by atoms with Gasteiger partial charge in [-0.3, -0.25) is 4.79 Å². The molecule has 0 unspecified atom stereocenters. The Hall–Kier alpha value is -1.40. The van der Waals surface area contributed by atoms with E-state index in [1.165, 1.54) is 6.07 Å². The van der Waals surface area contributed by atoms with Gasteiger partial charge in [-0.25, -0.2) is 0 Å². The summed E-state index contributed by atoms with van der Waals surface area (Å²) < 4.78 is 37.1. The second-order valence-electron chi connectivity index (χ2n) is 2.78. The van der Waals surface area contributed by atoms with E-state index in [2.05, 4.69) is 0 Å². The number of halogens is 3. The minimum absolute atomic E-state index is 0.704. The predicted octanol–water partition coefficient (Wildman–Crippen LogP) is 1.20. The molecule has 0 heterocycles. The van der Waals surface area contributed by atoms with Crippen molar-refractivity contribution in [1.82, 2.24) is 0 Å². The smallest absolute Gasteiger partial charge is 0.362 e. The number of Topliss-reactive ketones (excluding diaryl/α,β-unsaturated/α-hetero) is 1. The minimum Gasteiger partial charge on any atom is -0.362 e. The lowest BCUT2D eigenvalue weighted by molar-refractivity contribution is -0.138. The van der Waals surface area contributed by atoms with E-state index in [9.17, 15) is 18.0 Å². The summed E-state index contributed by atoms with van der Waals surface area (Å²) in [6.45, 7) is 0. The Bertz CT molecular complexity index is 371. The van der Waals surface area contributed by atoms with Crippen molar-refractivity contribution in [3.05, 3.63) is 35.4 Å². The molecule has 0 aliphatic carbocycles. The summed E-state index contributed by atoms with van der Waals surface area (Å²) in [7, 11) is 0. The Morgan fingerprint density at radius 2 is 1.73 bits per heavy atom. The highest BCUT2D eigenvalue weighted by Crippen LogP contribution is 2.32.